The summed E-state index contributed by atoms with van der Waals surface area (Å²) in [7, 11) is -3.66. The normalized spacial score (nSPS) is 11.9. The molecule has 0 spiro atoms. The van der Waals surface area contributed by atoms with Crippen molar-refractivity contribution in [3.8, 4) is 0 Å². The standard InChI is InChI=1S/C13H15BrN2O3S/c1-2-16(9-11-4-3-7-19-11)20(17,18)13-8-10(14)5-6-12(13)15/h3-8H,2,9,15H2,1H3. The van der Waals surface area contributed by atoms with Gasteiger partial charge in [-0.1, -0.05) is 22.9 Å². The second-order valence-electron chi connectivity index (χ2n) is 4.19. The first-order valence-corrected chi connectivity index (χ1v) is 8.26. The summed E-state index contributed by atoms with van der Waals surface area (Å²) >= 11 is 3.26. The van der Waals surface area contributed by atoms with Crippen molar-refractivity contribution in [3.05, 3.63) is 46.8 Å². The maximum Gasteiger partial charge on any atom is 0.245 e. The molecule has 0 fully saturated rings. The minimum Gasteiger partial charge on any atom is -0.468 e. The van der Waals surface area contributed by atoms with Crippen molar-refractivity contribution in [2.75, 3.05) is 12.3 Å². The largest absolute Gasteiger partial charge is 0.468 e. The monoisotopic (exact) mass is 358 g/mol. The lowest BCUT2D eigenvalue weighted by Crippen LogP contribution is -2.30. The molecule has 2 N–H and O–H groups in total. The molecule has 7 heteroatoms. The number of nitrogens with two attached hydrogens (primary N) is 1. The minimum atomic E-state index is -3.66. The number of hydrogen-bond donors (Lipinski definition) is 1. The van der Waals surface area contributed by atoms with Crippen LogP contribution in [-0.4, -0.2) is 19.3 Å². The molecule has 0 radical (unpaired) electrons. The molecule has 0 aliphatic rings. The molecule has 0 aliphatic carbocycles. The molecule has 0 saturated heterocycles. The minimum absolute atomic E-state index is 0.0975. The maximum absolute atomic E-state index is 12.6. The summed E-state index contributed by atoms with van der Waals surface area (Å²) in [5, 5.41) is 0. The van der Waals surface area contributed by atoms with Crippen molar-refractivity contribution in [2.24, 2.45) is 0 Å². The Bertz CT molecular complexity index is 684. The van der Waals surface area contributed by atoms with Gasteiger partial charge >= 0.3 is 0 Å². The topological polar surface area (TPSA) is 76.5 Å². The predicted octanol–water partition coefficient (Wildman–Crippen LogP) is 2.84. The van der Waals surface area contributed by atoms with Crippen molar-refractivity contribution < 1.29 is 12.8 Å². The van der Waals surface area contributed by atoms with E-state index >= 15 is 0 Å². The number of nitrogen functional groups attached to an aromatic ring is 1. The molecular formula is C13H15BrN2O3S. The zero-order chi connectivity index (χ0) is 14.8. The Hall–Kier alpha value is -1.31. The third-order valence-corrected chi connectivity index (χ3v) is 5.33. The van der Waals surface area contributed by atoms with E-state index in [-0.39, 0.29) is 17.1 Å². The quantitative estimate of drug-likeness (QED) is 0.833. The number of furan rings is 1. The fourth-order valence-corrected chi connectivity index (χ4v) is 3.88. The third kappa shape index (κ3) is 3.05. The number of halogens is 1. The molecule has 1 aromatic carbocycles. The van der Waals surface area contributed by atoms with Gasteiger partial charge in [0.2, 0.25) is 10.0 Å². The molecule has 1 heterocycles. The number of hydrogen-bond acceptors (Lipinski definition) is 4. The first kappa shape index (κ1) is 15.1. The smallest absolute Gasteiger partial charge is 0.245 e. The molecule has 2 aromatic rings. The van der Waals surface area contributed by atoms with E-state index in [4.69, 9.17) is 10.2 Å². The first-order chi connectivity index (χ1) is 9.45. The Morgan fingerprint density at radius 2 is 2.10 bits per heavy atom. The van der Waals surface area contributed by atoms with Gasteiger partial charge in [-0.15, -0.1) is 0 Å². The lowest BCUT2D eigenvalue weighted by Gasteiger charge is -2.20. The van der Waals surface area contributed by atoms with Crippen LogP contribution in [0, 0.1) is 0 Å². The van der Waals surface area contributed by atoms with E-state index < -0.39 is 10.0 Å². The third-order valence-electron chi connectivity index (χ3n) is 2.86. The molecule has 0 unspecified atom stereocenters. The Labute approximate surface area is 126 Å². The van der Waals surface area contributed by atoms with Crippen molar-refractivity contribution in [3.63, 3.8) is 0 Å². The molecular weight excluding hydrogens is 344 g/mol. The van der Waals surface area contributed by atoms with Gasteiger partial charge in [0.25, 0.3) is 0 Å². The highest BCUT2D eigenvalue weighted by Crippen LogP contribution is 2.27. The van der Waals surface area contributed by atoms with E-state index in [1.54, 1.807) is 31.2 Å². The molecule has 0 aliphatic heterocycles. The summed E-state index contributed by atoms with van der Waals surface area (Å²) < 4.78 is 32.5. The average molecular weight is 359 g/mol. The fourth-order valence-electron chi connectivity index (χ4n) is 1.81. The predicted molar refractivity (Wildman–Crippen MR) is 80.5 cm³/mol. The Morgan fingerprint density at radius 3 is 2.70 bits per heavy atom. The van der Waals surface area contributed by atoms with E-state index in [0.717, 1.165) is 0 Å². The number of anilines is 1. The molecule has 0 amide bonds. The molecule has 108 valence electrons. The molecule has 5 nitrogen and oxygen atoms in total. The van der Waals surface area contributed by atoms with E-state index in [1.165, 1.54) is 16.6 Å². The Balaban J connectivity index is 2.38. The van der Waals surface area contributed by atoms with Crippen LogP contribution in [0.1, 0.15) is 12.7 Å². The van der Waals surface area contributed by atoms with E-state index in [9.17, 15) is 8.42 Å². The fraction of sp³-hybridized carbons (Fsp3) is 0.231. The van der Waals surface area contributed by atoms with Crippen molar-refractivity contribution in [1.82, 2.24) is 4.31 Å². The highest BCUT2D eigenvalue weighted by atomic mass is 79.9. The van der Waals surface area contributed by atoms with Gasteiger partial charge in [-0.05, 0) is 30.3 Å². The van der Waals surface area contributed by atoms with E-state index in [2.05, 4.69) is 15.9 Å². The van der Waals surface area contributed by atoms with Gasteiger partial charge in [0.1, 0.15) is 10.7 Å². The van der Waals surface area contributed by atoms with Gasteiger partial charge in [0.15, 0.2) is 0 Å². The first-order valence-electron chi connectivity index (χ1n) is 6.02. The Kier molecular flexibility index (Phi) is 4.52. The highest BCUT2D eigenvalue weighted by molar-refractivity contribution is 9.10. The summed E-state index contributed by atoms with van der Waals surface area (Å²) in [6.45, 7) is 2.28. The van der Waals surface area contributed by atoms with E-state index in [1.807, 2.05) is 0 Å². The van der Waals surface area contributed by atoms with Crippen LogP contribution in [0.25, 0.3) is 0 Å². The average Bonchev–Trinajstić information content (AvgIpc) is 2.91. The second kappa shape index (κ2) is 5.99. The molecule has 2 rings (SSSR count). The summed E-state index contributed by atoms with van der Waals surface area (Å²) in [6, 6.07) is 8.25. The van der Waals surface area contributed by atoms with Crippen LogP contribution in [0.15, 0.2) is 50.4 Å². The molecule has 0 atom stereocenters. The maximum atomic E-state index is 12.6. The van der Waals surface area contributed by atoms with Crippen LogP contribution in [-0.2, 0) is 16.6 Å². The number of benzene rings is 1. The Morgan fingerprint density at radius 1 is 1.35 bits per heavy atom. The van der Waals surface area contributed by atoms with Crippen LogP contribution < -0.4 is 5.73 Å². The number of sulfonamides is 1. The van der Waals surface area contributed by atoms with E-state index in [0.29, 0.717) is 16.8 Å². The van der Waals surface area contributed by atoms with Crippen LogP contribution in [0.5, 0.6) is 0 Å². The summed E-state index contributed by atoms with van der Waals surface area (Å²) in [5.74, 6) is 0.587. The lowest BCUT2D eigenvalue weighted by atomic mass is 10.3. The van der Waals surface area contributed by atoms with Gasteiger partial charge in [0.05, 0.1) is 18.5 Å². The second-order valence-corrected chi connectivity index (χ2v) is 7.01. The number of nitrogens with zero attached hydrogens (tertiary/aromatic N) is 1. The van der Waals surface area contributed by atoms with Gasteiger partial charge < -0.3 is 10.2 Å². The zero-order valence-electron chi connectivity index (χ0n) is 10.9. The molecule has 1 aromatic heterocycles. The van der Waals surface area contributed by atoms with Crippen molar-refractivity contribution >= 4 is 31.6 Å². The molecule has 0 bridgehead atoms. The zero-order valence-corrected chi connectivity index (χ0v) is 13.3. The molecule has 0 saturated carbocycles. The van der Waals surface area contributed by atoms with Crippen LogP contribution >= 0.6 is 15.9 Å². The highest BCUT2D eigenvalue weighted by Gasteiger charge is 2.26. The SMILES string of the molecule is CCN(Cc1ccco1)S(=O)(=O)c1cc(Br)ccc1N. The number of rotatable bonds is 5. The summed E-state index contributed by atoms with van der Waals surface area (Å²) in [5.41, 5.74) is 6.02. The summed E-state index contributed by atoms with van der Waals surface area (Å²) in [4.78, 5) is 0.0975. The van der Waals surface area contributed by atoms with Crippen LogP contribution in [0.4, 0.5) is 5.69 Å². The van der Waals surface area contributed by atoms with Crippen molar-refractivity contribution in [2.45, 2.75) is 18.4 Å². The van der Waals surface area contributed by atoms with Crippen molar-refractivity contribution in [1.29, 1.82) is 0 Å². The van der Waals surface area contributed by atoms with Gasteiger partial charge in [-0.2, -0.15) is 4.31 Å². The summed E-state index contributed by atoms with van der Waals surface area (Å²) in [6.07, 6.45) is 1.52. The lowest BCUT2D eigenvalue weighted by molar-refractivity contribution is 0.375. The van der Waals surface area contributed by atoms with Gasteiger partial charge in [-0.3, -0.25) is 0 Å². The van der Waals surface area contributed by atoms with Gasteiger partial charge in [0, 0.05) is 11.0 Å². The van der Waals surface area contributed by atoms with Crippen LogP contribution in [0.2, 0.25) is 0 Å². The van der Waals surface area contributed by atoms with Gasteiger partial charge in [-0.25, -0.2) is 8.42 Å². The molecule has 20 heavy (non-hydrogen) atoms. The van der Waals surface area contributed by atoms with Crippen LogP contribution in [0.3, 0.4) is 0 Å².